The van der Waals surface area contributed by atoms with Crippen molar-refractivity contribution in [2.24, 2.45) is 18.9 Å². The molecule has 0 N–H and O–H groups in total. The van der Waals surface area contributed by atoms with Gasteiger partial charge in [0.05, 0.1) is 17.2 Å². The van der Waals surface area contributed by atoms with Crippen molar-refractivity contribution in [2.45, 2.75) is 45.4 Å². The minimum atomic E-state index is 0.700. The number of aromatic nitrogens is 1. The first-order valence-electron chi connectivity index (χ1n) is 11.2. The second-order valence-electron chi connectivity index (χ2n) is 9.76. The van der Waals surface area contributed by atoms with Crippen LogP contribution in [0.2, 0.25) is 0 Å². The molecule has 2 saturated carbocycles. The Balaban J connectivity index is 1.53. The van der Waals surface area contributed by atoms with Gasteiger partial charge in [0.15, 0.2) is 6.20 Å². The molecule has 2 fully saturated rings. The Hall–Kier alpha value is -2.81. The van der Waals surface area contributed by atoms with E-state index in [0.29, 0.717) is 5.92 Å². The van der Waals surface area contributed by atoms with Crippen LogP contribution in [-0.2, 0) is 7.05 Å². The van der Waals surface area contributed by atoms with Gasteiger partial charge in [0, 0.05) is 22.6 Å². The number of rotatable bonds is 1. The number of ether oxygens (including phenoxy) is 1. The minimum absolute atomic E-state index is 0.700. The molecule has 0 radical (unpaired) electrons. The first kappa shape index (κ1) is 16.9. The maximum atomic E-state index is 6.72. The normalized spacial score (nSPS) is 23.9. The van der Waals surface area contributed by atoms with E-state index in [-0.39, 0.29) is 0 Å². The molecule has 3 atom stereocenters. The number of aryl methyl sites for hydroxylation is 3. The van der Waals surface area contributed by atoms with E-state index in [4.69, 9.17) is 9.15 Å². The number of fused-ring (bicyclic) bond motifs is 5. The highest BCUT2D eigenvalue weighted by atomic mass is 16.5. The molecule has 3 heteroatoms. The van der Waals surface area contributed by atoms with Gasteiger partial charge in [0.2, 0.25) is 5.69 Å². The van der Waals surface area contributed by atoms with Crippen molar-refractivity contribution in [1.82, 2.24) is 0 Å². The zero-order chi connectivity index (χ0) is 20.1. The van der Waals surface area contributed by atoms with Gasteiger partial charge in [-0.3, -0.25) is 0 Å². The molecule has 150 valence electrons. The van der Waals surface area contributed by atoms with Crippen LogP contribution in [-0.4, -0.2) is 0 Å². The average Bonchev–Trinajstić information content (AvgIpc) is 3.50. The highest BCUT2D eigenvalue weighted by Crippen LogP contribution is 2.55. The van der Waals surface area contributed by atoms with Crippen molar-refractivity contribution >= 4 is 21.7 Å². The molecule has 4 aromatic rings. The lowest BCUT2D eigenvalue weighted by atomic mass is 9.82. The first-order chi connectivity index (χ1) is 14.6. The van der Waals surface area contributed by atoms with Gasteiger partial charge in [-0.25, -0.2) is 4.57 Å². The molecule has 7 rings (SSSR count). The van der Waals surface area contributed by atoms with Crippen LogP contribution in [0, 0.1) is 25.7 Å². The second kappa shape index (κ2) is 5.66. The highest BCUT2D eigenvalue weighted by Gasteiger charge is 2.41. The van der Waals surface area contributed by atoms with E-state index in [9.17, 15) is 0 Å². The first-order valence-corrected chi connectivity index (χ1v) is 11.2. The summed E-state index contributed by atoms with van der Waals surface area (Å²) in [6.07, 6.45) is 9.60. The summed E-state index contributed by atoms with van der Waals surface area (Å²) in [6.45, 7) is 4.31. The van der Waals surface area contributed by atoms with Crippen molar-refractivity contribution in [1.29, 1.82) is 0 Å². The lowest BCUT2D eigenvalue weighted by Gasteiger charge is -2.26. The molecular formula is C27H26NO2+. The number of nitrogens with zero attached hydrogens (tertiary/aromatic N) is 1. The molecule has 2 bridgehead atoms. The van der Waals surface area contributed by atoms with Crippen LogP contribution in [0.1, 0.15) is 48.3 Å². The molecule has 0 spiro atoms. The second-order valence-corrected chi connectivity index (χ2v) is 9.76. The van der Waals surface area contributed by atoms with E-state index >= 15 is 0 Å². The van der Waals surface area contributed by atoms with Crippen LogP contribution in [0.5, 0.6) is 11.5 Å². The number of furan rings is 1. The Morgan fingerprint density at radius 3 is 2.73 bits per heavy atom. The standard InChI is InChI=1S/C27H26NO2/c1-14-20-7-9-29-26(20)15(2)23-25-24-18(6-8-28(25)3)12-19(13-22(24)30-27(14)23)21-11-16-4-5-17(21)10-16/h6-9,12-13,16-17,21H,4-5,10-11H2,1-3H3/q+1. The van der Waals surface area contributed by atoms with Crippen LogP contribution in [0.4, 0.5) is 0 Å². The third-order valence-electron chi connectivity index (χ3n) is 8.19. The molecule has 2 aromatic carbocycles. The van der Waals surface area contributed by atoms with E-state index < -0.39 is 0 Å². The van der Waals surface area contributed by atoms with Gasteiger partial charge >= 0.3 is 0 Å². The van der Waals surface area contributed by atoms with E-state index in [0.717, 1.165) is 45.4 Å². The molecule has 3 aliphatic rings. The fourth-order valence-electron chi connectivity index (χ4n) is 6.75. The molecule has 0 amide bonds. The number of benzene rings is 2. The van der Waals surface area contributed by atoms with Crippen molar-refractivity contribution < 1.29 is 13.7 Å². The summed E-state index contributed by atoms with van der Waals surface area (Å²) < 4.78 is 14.8. The van der Waals surface area contributed by atoms with E-state index in [1.165, 1.54) is 53.3 Å². The maximum absolute atomic E-state index is 6.72. The number of hydrogen-bond donors (Lipinski definition) is 0. The average molecular weight is 397 g/mol. The van der Waals surface area contributed by atoms with E-state index in [2.05, 4.69) is 55.9 Å². The van der Waals surface area contributed by atoms with Gasteiger partial charge in [-0.05, 0) is 73.9 Å². The number of hydrogen-bond acceptors (Lipinski definition) is 2. The van der Waals surface area contributed by atoms with E-state index in [1.807, 2.05) is 0 Å². The summed E-state index contributed by atoms with van der Waals surface area (Å²) >= 11 is 0. The maximum Gasteiger partial charge on any atom is 0.228 e. The monoisotopic (exact) mass is 396 g/mol. The van der Waals surface area contributed by atoms with Crippen molar-refractivity contribution in [3.63, 3.8) is 0 Å². The molecule has 1 aliphatic heterocycles. The van der Waals surface area contributed by atoms with Crippen molar-refractivity contribution in [3.05, 3.63) is 53.4 Å². The molecule has 3 heterocycles. The van der Waals surface area contributed by atoms with Gasteiger partial charge in [0.1, 0.15) is 24.1 Å². The lowest BCUT2D eigenvalue weighted by molar-refractivity contribution is -0.659. The molecular weight excluding hydrogens is 370 g/mol. The zero-order valence-electron chi connectivity index (χ0n) is 17.8. The number of pyridine rings is 1. The van der Waals surface area contributed by atoms with Crippen LogP contribution in [0.25, 0.3) is 33.0 Å². The van der Waals surface area contributed by atoms with Gasteiger partial charge in [-0.2, -0.15) is 0 Å². The topological polar surface area (TPSA) is 26.2 Å². The Kier molecular flexibility index (Phi) is 3.19. The third-order valence-corrected chi connectivity index (χ3v) is 8.19. The molecule has 3 unspecified atom stereocenters. The fraction of sp³-hybridized carbons (Fsp3) is 0.370. The summed E-state index contributed by atoms with van der Waals surface area (Å²) in [5, 5.41) is 3.67. The minimum Gasteiger partial charge on any atom is -0.464 e. The lowest BCUT2D eigenvalue weighted by Crippen LogP contribution is -2.32. The summed E-state index contributed by atoms with van der Waals surface area (Å²) in [6, 6.07) is 9.11. The largest absolute Gasteiger partial charge is 0.464 e. The van der Waals surface area contributed by atoms with Gasteiger partial charge in [-0.15, -0.1) is 0 Å². The third kappa shape index (κ3) is 2.03. The Bertz CT molecular complexity index is 1380. The SMILES string of the molecule is Cc1c2c(c(C)c3occc13)-c1c3c(cc(C4CC5CCC4C5)cc3cc[n+]1C)O2. The Morgan fingerprint density at radius 2 is 1.93 bits per heavy atom. The quantitative estimate of drug-likeness (QED) is 0.295. The summed E-state index contributed by atoms with van der Waals surface area (Å²) in [5.41, 5.74) is 7.17. The molecule has 2 aromatic heterocycles. The van der Waals surface area contributed by atoms with Crippen LogP contribution < -0.4 is 9.30 Å². The summed E-state index contributed by atoms with van der Waals surface area (Å²) in [7, 11) is 2.14. The Morgan fingerprint density at radius 1 is 1.03 bits per heavy atom. The smallest absolute Gasteiger partial charge is 0.228 e. The molecule has 2 aliphatic carbocycles. The summed E-state index contributed by atoms with van der Waals surface area (Å²) in [5.74, 6) is 4.52. The van der Waals surface area contributed by atoms with Crippen molar-refractivity contribution in [3.8, 4) is 22.8 Å². The van der Waals surface area contributed by atoms with Crippen LogP contribution in [0.15, 0.2) is 41.1 Å². The van der Waals surface area contributed by atoms with Crippen molar-refractivity contribution in [2.75, 3.05) is 0 Å². The fourth-order valence-corrected chi connectivity index (χ4v) is 6.75. The highest BCUT2D eigenvalue weighted by molar-refractivity contribution is 6.05. The van der Waals surface area contributed by atoms with Gasteiger partial charge < -0.3 is 9.15 Å². The predicted molar refractivity (Wildman–Crippen MR) is 118 cm³/mol. The predicted octanol–water partition coefficient (Wildman–Crippen LogP) is 6.70. The Labute approximate surface area is 176 Å². The van der Waals surface area contributed by atoms with Gasteiger partial charge in [0.25, 0.3) is 0 Å². The molecule has 30 heavy (non-hydrogen) atoms. The molecule has 3 nitrogen and oxygen atoms in total. The van der Waals surface area contributed by atoms with E-state index in [1.54, 1.807) is 6.26 Å². The van der Waals surface area contributed by atoms with Gasteiger partial charge in [-0.1, -0.05) is 12.5 Å². The molecule has 0 saturated heterocycles. The summed E-state index contributed by atoms with van der Waals surface area (Å²) in [4.78, 5) is 0. The van der Waals surface area contributed by atoms with Crippen LogP contribution in [0.3, 0.4) is 0 Å². The van der Waals surface area contributed by atoms with Crippen LogP contribution >= 0.6 is 0 Å². The zero-order valence-corrected chi connectivity index (χ0v) is 17.8.